The predicted octanol–water partition coefficient (Wildman–Crippen LogP) is 3.67. The van der Waals surface area contributed by atoms with Gasteiger partial charge in [-0.1, -0.05) is 66.7 Å². The van der Waals surface area contributed by atoms with Crippen molar-refractivity contribution in [1.82, 2.24) is 4.72 Å². The molecule has 5 nitrogen and oxygen atoms in total. The number of ether oxygens (including phenoxy) is 1. The molecule has 0 spiro atoms. The van der Waals surface area contributed by atoms with Crippen LogP contribution in [0.25, 0.3) is 10.8 Å². The highest BCUT2D eigenvalue weighted by Crippen LogP contribution is 2.48. The van der Waals surface area contributed by atoms with Gasteiger partial charge < -0.3 is 4.74 Å². The van der Waals surface area contributed by atoms with Gasteiger partial charge in [0.25, 0.3) is 0 Å². The van der Waals surface area contributed by atoms with Crippen LogP contribution in [0, 0.1) is 11.8 Å². The van der Waals surface area contributed by atoms with Crippen LogP contribution in [0.15, 0.2) is 77.7 Å². The molecule has 0 aromatic heterocycles. The van der Waals surface area contributed by atoms with E-state index in [9.17, 15) is 13.2 Å². The van der Waals surface area contributed by atoms with Crippen LogP contribution in [-0.4, -0.2) is 21.5 Å². The van der Waals surface area contributed by atoms with Crippen LogP contribution >= 0.6 is 0 Å². The number of sulfonamides is 1. The summed E-state index contributed by atoms with van der Waals surface area (Å²) >= 11 is 0. The van der Waals surface area contributed by atoms with E-state index in [0.29, 0.717) is 11.8 Å². The maximum atomic E-state index is 13.3. The molecule has 6 heteroatoms. The Hall–Kier alpha value is -2.70. The second-order valence-corrected chi connectivity index (χ2v) is 8.70. The molecule has 1 aliphatic carbocycles. The monoisotopic (exact) mass is 395 g/mol. The summed E-state index contributed by atoms with van der Waals surface area (Å²) in [5, 5.41) is 1.53. The smallest absolute Gasteiger partial charge is 0.309 e. The average molecular weight is 395 g/mol. The second-order valence-electron chi connectivity index (χ2n) is 7.02. The van der Waals surface area contributed by atoms with Gasteiger partial charge in [0.15, 0.2) is 0 Å². The number of benzene rings is 3. The number of fused-ring (bicyclic) bond motifs is 1. The van der Waals surface area contributed by atoms with E-state index < -0.39 is 16.1 Å². The van der Waals surface area contributed by atoms with Crippen molar-refractivity contribution in [3.8, 4) is 0 Å². The van der Waals surface area contributed by atoms with E-state index in [2.05, 4.69) is 4.72 Å². The fourth-order valence-corrected chi connectivity index (χ4v) is 5.23. The van der Waals surface area contributed by atoms with Crippen molar-refractivity contribution in [3.05, 3.63) is 78.4 Å². The summed E-state index contributed by atoms with van der Waals surface area (Å²) in [6, 6.07) is 21.5. The van der Waals surface area contributed by atoms with E-state index in [1.807, 2.05) is 54.6 Å². The Labute approximate surface area is 164 Å². The first kappa shape index (κ1) is 18.7. The molecule has 3 aromatic carbocycles. The summed E-state index contributed by atoms with van der Waals surface area (Å²) in [5.74, 6) is -0.708. The molecule has 0 radical (unpaired) electrons. The zero-order valence-corrected chi connectivity index (χ0v) is 16.2. The Morgan fingerprint density at radius 2 is 1.68 bits per heavy atom. The molecular weight excluding hydrogens is 374 g/mol. The molecule has 28 heavy (non-hydrogen) atoms. The molecule has 3 atom stereocenters. The molecule has 0 bridgehead atoms. The molecule has 1 saturated carbocycles. The predicted molar refractivity (Wildman–Crippen MR) is 107 cm³/mol. The lowest BCUT2D eigenvalue weighted by atomic mass is 10.0. The first-order valence-corrected chi connectivity index (χ1v) is 10.6. The third-order valence-corrected chi connectivity index (χ3v) is 6.75. The summed E-state index contributed by atoms with van der Waals surface area (Å²) in [4.78, 5) is 12.2. The molecule has 0 saturated heterocycles. The first-order chi connectivity index (χ1) is 13.5. The van der Waals surface area contributed by atoms with Gasteiger partial charge in [0, 0.05) is 5.39 Å². The van der Waals surface area contributed by atoms with Crippen LogP contribution in [-0.2, 0) is 19.6 Å². The number of methoxy groups -OCH3 is 1. The van der Waals surface area contributed by atoms with Crippen molar-refractivity contribution in [2.75, 3.05) is 7.11 Å². The Balaban J connectivity index is 1.71. The van der Waals surface area contributed by atoms with Gasteiger partial charge in [-0.3, -0.25) is 4.79 Å². The van der Waals surface area contributed by atoms with E-state index >= 15 is 0 Å². The van der Waals surface area contributed by atoms with Crippen molar-refractivity contribution in [2.24, 2.45) is 11.8 Å². The van der Waals surface area contributed by atoms with Gasteiger partial charge in [-0.25, -0.2) is 13.1 Å². The van der Waals surface area contributed by atoms with E-state index in [1.54, 1.807) is 18.2 Å². The number of rotatable bonds is 6. The van der Waals surface area contributed by atoms with Crippen LogP contribution in [0.5, 0.6) is 0 Å². The van der Waals surface area contributed by atoms with Crippen LogP contribution in [0.1, 0.15) is 18.0 Å². The maximum absolute atomic E-state index is 13.3. The van der Waals surface area contributed by atoms with Gasteiger partial charge in [0.05, 0.1) is 24.0 Å². The van der Waals surface area contributed by atoms with Gasteiger partial charge in [-0.15, -0.1) is 0 Å². The number of hydrogen-bond donors (Lipinski definition) is 1. The van der Waals surface area contributed by atoms with E-state index in [4.69, 9.17) is 4.74 Å². The summed E-state index contributed by atoms with van der Waals surface area (Å²) in [6.45, 7) is 0. The number of carbonyl (C=O) groups is 1. The summed E-state index contributed by atoms with van der Waals surface area (Å²) in [5.41, 5.74) is 0.836. The second kappa shape index (κ2) is 7.37. The fraction of sp³-hybridized carbons (Fsp3) is 0.227. The number of esters is 1. The standard InChI is InChI=1S/C22H21NO4S/c1-27-22(24)19-14-18(19)21(16-9-3-2-4-10-16)23-28(25,26)20-13-7-11-15-8-5-6-12-17(15)20/h2-13,18-19,21,23H,14H2,1H3/t18-,19-,21+/m1/s1. The van der Waals surface area contributed by atoms with Crippen LogP contribution in [0.3, 0.4) is 0 Å². The van der Waals surface area contributed by atoms with Crippen molar-refractivity contribution in [3.63, 3.8) is 0 Å². The van der Waals surface area contributed by atoms with Crippen molar-refractivity contribution < 1.29 is 17.9 Å². The normalized spacial score (nSPS) is 19.9. The highest BCUT2D eigenvalue weighted by molar-refractivity contribution is 7.89. The minimum Gasteiger partial charge on any atom is -0.469 e. The van der Waals surface area contributed by atoms with Gasteiger partial charge in [0.2, 0.25) is 10.0 Å². The molecule has 1 N–H and O–H groups in total. The van der Waals surface area contributed by atoms with Gasteiger partial charge in [-0.05, 0) is 29.4 Å². The Bertz CT molecular complexity index is 1110. The van der Waals surface area contributed by atoms with Gasteiger partial charge >= 0.3 is 5.97 Å². The van der Waals surface area contributed by atoms with E-state index in [1.165, 1.54) is 7.11 Å². The summed E-state index contributed by atoms with van der Waals surface area (Å²) in [7, 11) is -2.44. The molecule has 1 aliphatic rings. The first-order valence-electron chi connectivity index (χ1n) is 9.14. The van der Waals surface area contributed by atoms with Crippen LogP contribution < -0.4 is 4.72 Å². The quantitative estimate of drug-likeness (QED) is 0.647. The SMILES string of the molecule is COC(=O)[C@@H]1C[C@H]1[C@@H](NS(=O)(=O)c1cccc2ccccc12)c1ccccc1. The molecule has 0 heterocycles. The Morgan fingerprint density at radius 1 is 1.00 bits per heavy atom. The van der Waals surface area contributed by atoms with Crippen LogP contribution in [0.2, 0.25) is 0 Å². The van der Waals surface area contributed by atoms with Crippen molar-refractivity contribution in [1.29, 1.82) is 0 Å². The lowest BCUT2D eigenvalue weighted by Crippen LogP contribution is -2.31. The summed E-state index contributed by atoms with van der Waals surface area (Å²) in [6.07, 6.45) is 0.601. The molecule has 4 rings (SSSR count). The minimum absolute atomic E-state index is 0.125. The molecule has 0 aliphatic heterocycles. The number of nitrogens with one attached hydrogen (secondary N) is 1. The molecule has 0 unspecified atom stereocenters. The number of hydrogen-bond acceptors (Lipinski definition) is 4. The zero-order chi connectivity index (χ0) is 19.7. The lowest BCUT2D eigenvalue weighted by Gasteiger charge is -2.20. The fourth-order valence-electron chi connectivity index (χ4n) is 3.73. The third-order valence-electron chi connectivity index (χ3n) is 5.25. The molecule has 1 fully saturated rings. The Kier molecular flexibility index (Phi) is 4.91. The van der Waals surface area contributed by atoms with E-state index in [-0.39, 0.29) is 22.7 Å². The zero-order valence-electron chi connectivity index (χ0n) is 15.4. The minimum atomic E-state index is -3.80. The highest BCUT2D eigenvalue weighted by Gasteiger charge is 2.50. The average Bonchev–Trinajstić information content (AvgIpc) is 3.52. The van der Waals surface area contributed by atoms with E-state index in [0.717, 1.165) is 10.9 Å². The van der Waals surface area contributed by atoms with Crippen LogP contribution in [0.4, 0.5) is 0 Å². The molecular formula is C22H21NO4S. The largest absolute Gasteiger partial charge is 0.469 e. The molecule has 3 aromatic rings. The van der Waals surface area contributed by atoms with Crippen molar-refractivity contribution >= 4 is 26.8 Å². The topological polar surface area (TPSA) is 72.5 Å². The van der Waals surface area contributed by atoms with Gasteiger partial charge in [-0.2, -0.15) is 0 Å². The Morgan fingerprint density at radius 3 is 2.43 bits per heavy atom. The maximum Gasteiger partial charge on any atom is 0.309 e. The third kappa shape index (κ3) is 3.53. The molecule has 0 amide bonds. The number of carbonyl (C=O) groups excluding carboxylic acids is 1. The summed E-state index contributed by atoms with van der Waals surface area (Å²) < 4.78 is 34.3. The highest BCUT2D eigenvalue weighted by atomic mass is 32.2. The lowest BCUT2D eigenvalue weighted by molar-refractivity contribution is -0.142. The van der Waals surface area contributed by atoms with Gasteiger partial charge in [0.1, 0.15) is 0 Å². The van der Waals surface area contributed by atoms with Crippen molar-refractivity contribution in [2.45, 2.75) is 17.4 Å². The molecule has 144 valence electrons.